The van der Waals surface area contributed by atoms with Crippen molar-refractivity contribution in [3.05, 3.63) is 68.2 Å². The molecule has 2 N–H and O–H groups in total. The van der Waals surface area contributed by atoms with Crippen LogP contribution in [-0.2, 0) is 14.1 Å². The van der Waals surface area contributed by atoms with Crippen LogP contribution in [0, 0.1) is 0 Å². The summed E-state index contributed by atoms with van der Waals surface area (Å²) in [4.78, 5) is 17.6. The second-order valence-corrected chi connectivity index (χ2v) is 8.88. The topological polar surface area (TPSA) is 65.8 Å². The largest absolute Gasteiger partial charge is 0.375 e. The zero-order valence-corrected chi connectivity index (χ0v) is 18.4. The van der Waals surface area contributed by atoms with Gasteiger partial charge in [-0.25, -0.2) is 4.98 Å². The maximum atomic E-state index is 13.2. The van der Waals surface area contributed by atoms with Crippen molar-refractivity contribution in [3.8, 4) is 22.4 Å². The Morgan fingerprint density at radius 2 is 1.77 bits per heavy atom. The lowest BCUT2D eigenvalue weighted by Crippen LogP contribution is -2.20. The van der Waals surface area contributed by atoms with Gasteiger partial charge in [-0.05, 0) is 30.3 Å². The number of halogens is 2. The third-order valence-corrected chi connectivity index (χ3v) is 6.61. The molecule has 0 bridgehead atoms. The molecule has 0 aliphatic carbocycles. The van der Waals surface area contributed by atoms with Crippen LogP contribution in [0.3, 0.4) is 0 Å². The van der Waals surface area contributed by atoms with E-state index in [1.54, 1.807) is 29.8 Å². The average molecular weight is 455 g/mol. The zero-order valence-electron chi connectivity index (χ0n) is 16.1. The molecule has 0 aliphatic heterocycles. The molecule has 3 heterocycles. The van der Waals surface area contributed by atoms with E-state index in [0.29, 0.717) is 26.3 Å². The third kappa shape index (κ3) is 2.83. The number of hydrogen-bond donors (Lipinski definition) is 1. The number of anilines is 1. The minimum Gasteiger partial charge on any atom is -0.375 e. The fourth-order valence-corrected chi connectivity index (χ4v) is 5.05. The summed E-state index contributed by atoms with van der Waals surface area (Å²) < 4.78 is 3.69. The first-order valence-corrected chi connectivity index (χ1v) is 10.8. The summed E-state index contributed by atoms with van der Waals surface area (Å²) in [7, 11) is 3.73. The number of rotatable bonds is 2. The van der Waals surface area contributed by atoms with Crippen molar-refractivity contribution in [1.29, 1.82) is 0 Å². The highest BCUT2D eigenvalue weighted by Gasteiger charge is 2.18. The third-order valence-electron chi connectivity index (χ3n) is 5.39. The summed E-state index contributed by atoms with van der Waals surface area (Å²) in [6.45, 7) is 0. The molecule has 0 radical (unpaired) electrons. The normalized spacial score (nSPS) is 11.6. The molecule has 0 amide bonds. The molecule has 5 rings (SSSR count). The highest BCUT2D eigenvalue weighted by atomic mass is 35.5. The van der Waals surface area contributed by atoms with Gasteiger partial charge in [0.1, 0.15) is 5.65 Å². The van der Waals surface area contributed by atoms with Crippen LogP contribution in [0.2, 0.25) is 10.0 Å². The standard InChI is InChI=1S/C22H16Cl2N4OS/c1-27-19-6-3-11(18-10-30-22(25)26-18)7-14(19)15-9-16(21(29)28(2)20(15)27)13-5-4-12(23)8-17(13)24/h3-10H,1-2H3,(H2,25,26). The number of nitrogen functional groups attached to an aromatic ring is 1. The van der Waals surface area contributed by atoms with E-state index in [0.717, 1.165) is 33.2 Å². The lowest BCUT2D eigenvalue weighted by Gasteiger charge is -2.09. The van der Waals surface area contributed by atoms with Crippen molar-refractivity contribution in [1.82, 2.24) is 14.1 Å². The van der Waals surface area contributed by atoms with Gasteiger partial charge in [0, 0.05) is 52.0 Å². The number of pyridine rings is 1. The van der Waals surface area contributed by atoms with Gasteiger partial charge in [-0.3, -0.25) is 9.36 Å². The van der Waals surface area contributed by atoms with Gasteiger partial charge in [0.05, 0.1) is 16.2 Å². The van der Waals surface area contributed by atoms with E-state index >= 15 is 0 Å². The molecule has 8 heteroatoms. The second-order valence-electron chi connectivity index (χ2n) is 7.15. The number of thiazole rings is 1. The van der Waals surface area contributed by atoms with Crippen LogP contribution in [0.5, 0.6) is 0 Å². The fraction of sp³-hybridized carbons (Fsp3) is 0.0909. The molecule has 5 nitrogen and oxygen atoms in total. The summed E-state index contributed by atoms with van der Waals surface area (Å²) >= 11 is 13.9. The zero-order chi connectivity index (χ0) is 21.2. The first kappa shape index (κ1) is 19.2. The van der Waals surface area contributed by atoms with Gasteiger partial charge in [-0.1, -0.05) is 35.3 Å². The number of fused-ring (bicyclic) bond motifs is 3. The first-order valence-electron chi connectivity index (χ1n) is 9.14. The van der Waals surface area contributed by atoms with E-state index in [1.165, 1.54) is 11.3 Å². The van der Waals surface area contributed by atoms with E-state index in [2.05, 4.69) is 11.1 Å². The Bertz CT molecular complexity index is 1530. The molecule has 0 atom stereocenters. The summed E-state index contributed by atoms with van der Waals surface area (Å²) in [6.07, 6.45) is 0. The molecule has 150 valence electrons. The summed E-state index contributed by atoms with van der Waals surface area (Å²) in [5, 5.41) is 5.43. The molecular formula is C22H16Cl2N4OS. The van der Waals surface area contributed by atoms with E-state index in [9.17, 15) is 4.79 Å². The predicted molar refractivity (Wildman–Crippen MR) is 127 cm³/mol. The second kappa shape index (κ2) is 6.87. The number of nitrogens with zero attached hydrogens (tertiary/aromatic N) is 3. The van der Waals surface area contributed by atoms with Gasteiger partial charge in [0.2, 0.25) is 0 Å². The predicted octanol–water partition coefficient (Wildman–Crippen LogP) is 5.71. The molecule has 0 spiro atoms. The van der Waals surface area contributed by atoms with Gasteiger partial charge >= 0.3 is 0 Å². The molecule has 0 aliphatic rings. The Morgan fingerprint density at radius 3 is 2.47 bits per heavy atom. The van der Waals surface area contributed by atoms with Crippen molar-refractivity contribution >= 4 is 61.6 Å². The highest BCUT2D eigenvalue weighted by molar-refractivity contribution is 7.13. The van der Waals surface area contributed by atoms with Gasteiger partial charge in [0.25, 0.3) is 5.56 Å². The van der Waals surface area contributed by atoms with Crippen molar-refractivity contribution in [3.63, 3.8) is 0 Å². The monoisotopic (exact) mass is 454 g/mol. The van der Waals surface area contributed by atoms with Crippen molar-refractivity contribution in [2.24, 2.45) is 14.1 Å². The van der Waals surface area contributed by atoms with Crippen LogP contribution in [-0.4, -0.2) is 14.1 Å². The van der Waals surface area contributed by atoms with Gasteiger partial charge in [-0.15, -0.1) is 11.3 Å². The Morgan fingerprint density at radius 1 is 0.967 bits per heavy atom. The van der Waals surface area contributed by atoms with Crippen LogP contribution >= 0.6 is 34.5 Å². The molecule has 2 aromatic carbocycles. The van der Waals surface area contributed by atoms with Gasteiger partial charge in [-0.2, -0.15) is 0 Å². The number of hydrogen-bond acceptors (Lipinski definition) is 4. The summed E-state index contributed by atoms with van der Waals surface area (Å²) in [5.74, 6) is 0. The van der Waals surface area contributed by atoms with Crippen molar-refractivity contribution < 1.29 is 0 Å². The SMILES string of the molecule is Cn1c(=O)c(-c2ccc(Cl)cc2Cl)cc2c3cc(-c4csc(N)n4)ccc3n(C)c21. The summed E-state index contributed by atoms with van der Waals surface area (Å²) in [6, 6.07) is 13.2. The van der Waals surface area contributed by atoms with Crippen molar-refractivity contribution in [2.75, 3.05) is 5.73 Å². The van der Waals surface area contributed by atoms with Gasteiger partial charge in [0.15, 0.2) is 5.13 Å². The van der Waals surface area contributed by atoms with Gasteiger partial charge < -0.3 is 10.3 Å². The maximum absolute atomic E-state index is 13.2. The average Bonchev–Trinajstić information content (AvgIpc) is 3.26. The van der Waals surface area contributed by atoms with E-state index in [4.69, 9.17) is 28.9 Å². The number of benzene rings is 2. The Labute approximate surface area is 185 Å². The minimum absolute atomic E-state index is 0.120. The number of aryl methyl sites for hydroxylation is 2. The fourth-order valence-electron chi connectivity index (χ4n) is 3.97. The quantitative estimate of drug-likeness (QED) is 0.371. The Balaban J connectivity index is 1.85. The highest BCUT2D eigenvalue weighted by Crippen LogP contribution is 2.35. The van der Waals surface area contributed by atoms with Crippen LogP contribution < -0.4 is 11.3 Å². The van der Waals surface area contributed by atoms with Crippen LogP contribution in [0.15, 0.2) is 52.6 Å². The lowest BCUT2D eigenvalue weighted by atomic mass is 10.0. The molecule has 0 fully saturated rings. The maximum Gasteiger partial charge on any atom is 0.259 e. The van der Waals surface area contributed by atoms with Crippen molar-refractivity contribution in [2.45, 2.75) is 0 Å². The number of aromatic nitrogens is 3. The van der Waals surface area contributed by atoms with E-state index in [1.807, 2.05) is 35.2 Å². The molecule has 0 saturated carbocycles. The lowest BCUT2D eigenvalue weighted by molar-refractivity contribution is 0.846. The molecule has 0 saturated heterocycles. The van der Waals surface area contributed by atoms with Crippen LogP contribution in [0.1, 0.15) is 0 Å². The number of nitrogens with two attached hydrogens (primary N) is 1. The van der Waals surface area contributed by atoms with Crippen LogP contribution in [0.4, 0.5) is 5.13 Å². The smallest absolute Gasteiger partial charge is 0.259 e. The molecule has 5 aromatic rings. The molecule has 3 aromatic heterocycles. The van der Waals surface area contributed by atoms with E-state index in [-0.39, 0.29) is 5.56 Å². The molecule has 30 heavy (non-hydrogen) atoms. The summed E-state index contributed by atoms with van der Waals surface area (Å²) in [5.41, 5.74) is 10.5. The Hall–Kier alpha value is -2.80. The molecule has 0 unspecified atom stereocenters. The Kier molecular flexibility index (Phi) is 4.39. The van der Waals surface area contributed by atoms with E-state index < -0.39 is 0 Å². The molecular weight excluding hydrogens is 439 g/mol. The first-order chi connectivity index (χ1) is 14.3. The minimum atomic E-state index is -0.120. The van der Waals surface area contributed by atoms with Crippen LogP contribution in [0.25, 0.3) is 44.3 Å².